The molecule has 15 heteroatoms. The van der Waals surface area contributed by atoms with Gasteiger partial charge in [-0.25, -0.2) is 9.78 Å². The molecule has 0 bridgehead atoms. The molecule has 11 nitrogen and oxygen atoms in total. The molecule has 1 N–H and O–H groups in total. The number of aromatic nitrogens is 1. The normalized spacial score (nSPS) is 15.2. The summed E-state index contributed by atoms with van der Waals surface area (Å²) < 4.78 is 4.06. The zero-order chi connectivity index (χ0) is 27.3. The second-order valence-electron chi connectivity index (χ2n) is 8.09. The molecule has 212 valence electrons. The number of hydrogen-bond acceptors (Lipinski definition) is 12. The molecule has 0 spiro atoms. The molecule has 1 fully saturated rings. The van der Waals surface area contributed by atoms with Crippen molar-refractivity contribution in [1.82, 2.24) is 15.4 Å². The predicted molar refractivity (Wildman–Crippen MR) is 146 cm³/mol. The number of nitrogens with zero attached hydrogens (tertiary/aromatic N) is 2. The Labute approximate surface area is 267 Å². The summed E-state index contributed by atoms with van der Waals surface area (Å²) in [5.74, 6) is -2.40. The van der Waals surface area contributed by atoms with E-state index in [2.05, 4.69) is 26.6 Å². The molecule has 3 rings (SSSR count). The van der Waals surface area contributed by atoms with Crippen LogP contribution >= 0.6 is 33.6 Å². The van der Waals surface area contributed by atoms with E-state index in [-0.39, 0.29) is 61.0 Å². The molecule has 1 aliphatic heterocycles. The van der Waals surface area contributed by atoms with Crippen LogP contribution in [0.3, 0.4) is 0 Å². The Kier molecular flexibility index (Phi) is 17.7. The van der Waals surface area contributed by atoms with Crippen LogP contribution in [0.5, 0.6) is 0 Å². The molecular weight excluding hydrogens is 589 g/mol. The van der Waals surface area contributed by atoms with Crippen molar-refractivity contribution in [3.05, 3.63) is 59.8 Å². The van der Waals surface area contributed by atoms with Gasteiger partial charge >= 0.3 is 35.5 Å². The molecule has 2 atom stereocenters. The van der Waals surface area contributed by atoms with Crippen molar-refractivity contribution in [2.45, 2.75) is 62.0 Å². The Morgan fingerprint density at radius 1 is 1.15 bits per heavy atom. The Morgan fingerprint density at radius 3 is 2.58 bits per heavy atom. The summed E-state index contributed by atoms with van der Waals surface area (Å²) >= 11 is 0.381. The van der Waals surface area contributed by atoms with E-state index in [0.29, 0.717) is 48.5 Å². The number of pyridine rings is 1. The Balaban J connectivity index is 0.00000400. The predicted octanol–water partition coefficient (Wildman–Crippen LogP) is 0.971. The first-order valence-corrected chi connectivity index (χ1v) is 14.7. The maximum Gasteiger partial charge on any atom is 1.00 e. The smallest absolute Gasteiger partial charge is 0.691 e. The van der Waals surface area contributed by atoms with Crippen molar-refractivity contribution in [2.24, 2.45) is 0 Å². The average molecular weight is 620 g/mol. The molecule has 2 unspecified atom stereocenters. The Hall–Kier alpha value is -1.62. The number of carbonyl (C=O) groups is 4. The van der Waals surface area contributed by atoms with Gasteiger partial charge in [-0.05, 0) is 60.4 Å². The molecule has 1 saturated heterocycles. The van der Waals surface area contributed by atoms with E-state index in [1.807, 2.05) is 30.3 Å². The van der Waals surface area contributed by atoms with E-state index in [4.69, 9.17) is 4.84 Å². The molecule has 0 aliphatic carbocycles. The van der Waals surface area contributed by atoms with E-state index in [1.54, 1.807) is 39.9 Å². The molecule has 2 aromatic rings. The Bertz CT molecular complexity index is 1100. The number of nitrogens with one attached hydrogen (secondary N) is 1. The fourth-order valence-corrected chi connectivity index (χ4v) is 5.94. The minimum absolute atomic E-state index is 0. The summed E-state index contributed by atoms with van der Waals surface area (Å²) in [4.78, 5) is 57.4. The van der Waals surface area contributed by atoms with Gasteiger partial charge in [0.1, 0.15) is 10.3 Å². The van der Waals surface area contributed by atoms with Crippen molar-refractivity contribution in [3.8, 4) is 0 Å². The van der Waals surface area contributed by atoms with Crippen molar-refractivity contribution < 1.29 is 68.2 Å². The first kappa shape index (κ1) is 36.4. The molecule has 1 aliphatic rings. The number of imide groups is 1. The van der Waals surface area contributed by atoms with Crippen LogP contribution in [0.15, 0.2) is 53.7 Å². The maximum atomic E-state index is 12.4. The van der Waals surface area contributed by atoms with Gasteiger partial charge in [0.2, 0.25) is 0 Å². The van der Waals surface area contributed by atoms with Gasteiger partial charge in [0.15, 0.2) is 0 Å². The number of benzene rings is 1. The van der Waals surface area contributed by atoms with Crippen LogP contribution in [-0.4, -0.2) is 45.5 Å². The molecule has 40 heavy (non-hydrogen) atoms. The second-order valence-corrected chi connectivity index (χ2v) is 11.6. The largest absolute Gasteiger partial charge is 1.00 e. The quantitative estimate of drug-likeness (QED) is 0.0576. The van der Waals surface area contributed by atoms with Crippen LogP contribution in [0.1, 0.15) is 67.6 Å². The number of carbonyl (C=O) groups excluding carboxylic acids is 4. The van der Waals surface area contributed by atoms with Crippen LogP contribution < -0.4 is 40.1 Å². The van der Waals surface area contributed by atoms with Crippen molar-refractivity contribution in [2.75, 3.05) is 6.54 Å². The molecule has 2 heterocycles. The monoisotopic (exact) mass is 619 g/mol. The van der Waals surface area contributed by atoms with E-state index in [9.17, 15) is 24.4 Å². The molecule has 1 aromatic carbocycles. The summed E-state index contributed by atoms with van der Waals surface area (Å²) in [6, 6.07) is 13.3. The van der Waals surface area contributed by atoms with E-state index >= 15 is 0 Å². The average Bonchev–Trinajstić information content (AvgIpc) is 3.20. The topological polar surface area (TPSA) is 147 Å². The summed E-state index contributed by atoms with van der Waals surface area (Å²) in [7, 11) is 3.31. The van der Waals surface area contributed by atoms with Gasteiger partial charge in [-0.1, -0.05) is 42.8 Å². The summed E-state index contributed by atoms with van der Waals surface area (Å²) in [6.45, 7) is 2.54. The fraction of sp³-hybridized carbons (Fsp3) is 0.400. The van der Waals surface area contributed by atoms with Gasteiger partial charge in [-0.2, -0.15) is 4.33 Å². The van der Waals surface area contributed by atoms with Crippen LogP contribution in [-0.2, 0) is 28.6 Å². The number of rotatable bonds is 15. The van der Waals surface area contributed by atoms with Crippen molar-refractivity contribution in [1.29, 1.82) is 0 Å². The van der Waals surface area contributed by atoms with Crippen LogP contribution in [0.25, 0.3) is 0 Å². The number of unbranched alkanes of at least 4 members (excludes halogenated alkanes) is 2. The standard InChI is InChI=1S/C24H27N3O8S3.CH4.Na/c1-16(37-38-20-7-4-6-13-25-20)17-9-11-18(12-10-17)23(30)26-14-5-2-3-8-22(29)33-27-21(28)15-19(24(27)31)36-35-34-32;;/h4,6-7,9-13,16,19,32H,2-3,5,8,14-15H2,1H3,(H,26,30);1H4;/q;;+1/p-1. The number of amides is 3. The van der Waals surface area contributed by atoms with Gasteiger partial charge in [0.25, 0.3) is 17.7 Å². The van der Waals surface area contributed by atoms with E-state index in [0.717, 1.165) is 10.6 Å². The molecule has 0 radical (unpaired) electrons. The first-order valence-electron chi connectivity index (χ1n) is 11.7. The summed E-state index contributed by atoms with van der Waals surface area (Å²) in [6.07, 6.45) is 3.22. The van der Waals surface area contributed by atoms with Crippen LogP contribution in [0.2, 0.25) is 0 Å². The molecule has 0 saturated carbocycles. The third-order valence-corrected chi connectivity index (χ3v) is 8.81. The molecule has 1 aromatic heterocycles. The fourth-order valence-electron chi connectivity index (χ4n) is 3.32. The number of hydroxylamine groups is 2. The van der Waals surface area contributed by atoms with Gasteiger partial charge in [0.05, 0.1) is 6.42 Å². The van der Waals surface area contributed by atoms with Crippen molar-refractivity contribution >= 4 is 57.3 Å². The molecular formula is C25H30N3NaO8S3. The van der Waals surface area contributed by atoms with Crippen LogP contribution in [0, 0.1) is 0 Å². The van der Waals surface area contributed by atoms with Gasteiger partial charge in [0, 0.05) is 42.0 Å². The Morgan fingerprint density at radius 2 is 1.90 bits per heavy atom. The maximum absolute atomic E-state index is 12.4. The van der Waals surface area contributed by atoms with Gasteiger partial charge in [-0.3, -0.25) is 19.4 Å². The minimum atomic E-state index is -1.01. The summed E-state index contributed by atoms with van der Waals surface area (Å²) in [5, 5.41) is 16.4. The van der Waals surface area contributed by atoms with E-state index in [1.165, 1.54) is 0 Å². The zero-order valence-corrected chi connectivity index (χ0v) is 25.9. The second kappa shape index (κ2) is 19.5. The van der Waals surface area contributed by atoms with Crippen LogP contribution in [0.4, 0.5) is 0 Å². The third kappa shape index (κ3) is 11.7. The van der Waals surface area contributed by atoms with Gasteiger partial charge < -0.3 is 15.4 Å². The van der Waals surface area contributed by atoms with Gasteiger partial charge in [-0.15, -0.1) is 5.06 Å². The molecule has 3 amide bonds. The summed E-state index contributed by atoms with van der Waals surface area (Å²) in [5.41, 5.74) is 1.67. The van der Waals surface area contributed by atoms with E-state index < -0.39 is 23.0 Å². The van der Waals surface area contributed by atoms with Crippen molar-refractivity contribution in [3.63, 3.8) is 0 Å². The first-order chi connectivity index (χ1) is 18.4. The number of hydrogen-bond donors (Lipinski definition) is 1. The minimum Gasteiger partial charge on any atom is -0.691 e. The SMILES string of the molecule is C.CC(SSc1ccccn1)c1ccc(C(=O)NCCCCCC(=O)ON2C(=O)CC(SOO[O-])C2=O)cc1.[Na+]. The third-order valence-electron chi connectivity index (χ3n) is 5.34. The zero-order valence-electron chi connectivity index (χ0n) is 21.4.